The number of hydrogen-bond acceptors (Lipinski definition) is 10. The molecule has 0 saturated heterocycles. The van der Waals surface area contributed by atoms with E-state index in [-0.39, 0.29) is 16.9 Å². The number of esters is 3. The van der Waals surface area contributed by atoms with Crippen molar-refractivity contribution in [1.29, 1.82) is 0 Å². The molecule has 0 bridgehead atoms. The largest absolute Gasteiger partial charge is 0.497 e. The van der Waals surface area contributed by atoms with Crippen LogP contribution in [0.5, 0.6) is 17.2 Å². The van der Waals surface area contributed by atoms with Crippen molar-refractivity contribution in [3.8, 4) is 17.2 Å². The fraction of sp³-hybridized carbons (Fsp3) is 0.250. The number of benzene rings is 3. The number of hydrogen-bond donors (Lipinski definition) is 1. The van der Waals surface area contributed by atoms with Crippen LogP contribution in [0.4, 0.5) is 0 Å². The Labute approximate surface area is 219 Å². The summed E-state index contributed by atoms with van der Waals surface area (Å²) in [6.07, 6.45) is 0.710. The topological polar surface area (TPSA) is 127 Å². The molecule has 0 fully saturated rings. The number of fused-ring (bicyclic) bond motifs is 1. The van der Waals surface area contributed by atoms with Gasteiger partial charge in [-0.3, -0.25) is 4.79 Å². The molecule has 0 aliphatic carbocycles. The third-order valence-corrected chi connectivity index (χ3v) is 5.88. The van der Waals surface area contributed by atoms with E-state index >= 15 is 0 Å². The highest BCUT2D eigenvalue weighted by molar-refractivity contribution is 6.08. The van der Waals surface area contributed by atoms with Crippen molar-refractivity contribution in [2.75, 3.05) is 35.5 Å². The Bertz CT molecular complexity index is 1340. The van der Waals surface area contributed by atoms with Crippen LogP contribution in [0.15, 0.2) is 60.9 Å². The van der Waals surface area contributed by atoms with Crippen molar-refractivity contribution in [2.24, 2.45) is 0 Å². The lowest BCUT2D eigenvalue weighted by molar-refractivity contribution is -0.145. The van der Waals surface area contributed by atoms with Crippen LogP contribution in [0.2, 0.25) is 0 Å². The smallest absolute Gasteiger partial charge is 0.338 e. The molecule has 0 aliphatic rings. The van der Waals surface area contributed by atoms with Crippen molar-refractivity contribution in [1.82, 2.24) is 0 Å². The molecule has 0 amide bonds. The molecule has 2 atom stereocenters. The minimum absolute atomic E-state index is 0.0940. The number of aliphatic hydroxyl groups is 1. The van der Waals surface area contributed by atoms with Crippen LogP contribution in [-0.4, -0.2) is 58.6 Å². The lowest BCUT2D eigenvalue weighted by Crippen LogP contribution is -2.23. The molecular formula is C28H28O10. The number of carbonyl (C=O) groups excluding carboxylic acids is 3. The van der Waals surface area contributed by atoms with Crippen molar-refractivity contribution in [3.63, 3.8) is 0 Å². The van der Waals surface area contributed by atoms with Gasteiger partial charge in [-0.1, -0.05) is 12.1 Å². The van der Waals surface area contributed by atoms with Crippen LogP contribution in [0.3, 0.4) is 0 Å². The Morgan fingerprint density at radius 2 is 1.45 bits per heavy atom. The van der Waals surface area contributed by atoms with Gasteiger partial charge < -0.3 is 33.5 Å². The summed E-state index contributed by atoms with van der Waals surface area (Å²) < 4.78 is 31.0. The van der Waals surface area contributed by atoms with Crippen LogP contribution in [0.25, 0.3) is 10.8 Å². The Morgan fingerprint density at radius 1 is 0.789 bits per heavy atom. The zero-order valence-electron chi connectivity index (χ0n) is 21.5. The molecule has 0 aromatic heterocycles. The third kappa shape index (κ3) is 5.87. The van der Waals surface area contributed by atoms with Gasteiger partial charge in [0.1, 0.15) is 23.2 Å². The first kappa shape index (κ1) is 28.0. The molecule has 38 heavy (non-hydrogen) atoms. The fourth-order valence-corrected chi connectivity index (χ4v) is 3.94. The van der Waals surface area contributed by atoms with Gasteiger partial charge in [-0.15, -0.1) is 0 Å². The van der Waals surface area contributed by atoms with Crippen molar-refractivity contribution < 1.29 is 47.9 Å². The molecule has 3 rings (SSSR count). The summed E-state index contributed by atoms with van der Waals surface area (Å²) in [5.41, 5.74) is 0.594. The van der Waals surface area contributed by atoms with Crippen LogP contribution in [-0.2, 0) is 23.8 Å². The summed E-state index contributed by atoms with van der Waals surface area (Å²) in [6.45, 7) is 0. The second-order valence-corrected chi connectivity index (χ2v) is 7.91. The Balaban J connectivity index is 2.34. The molecule has 0 aliphatic heterocycles. The maximum Gasteiger partial charge on any atom is 0.338 e. The lowest BCUT2D eigenvalue weighted by Gasteiger charge is -2.25. The number of aliphatic hydroxyl groups excluding tert-OH is 1. The molecule has 0 radical (unpaired) electrons. The van der Waals surface area contributed by atoms with Gasteiger partial charge in [0, 0.05) is 16.3 Å². The summed E-state index contributed by atoms with van der Waals surface area (Å²) in [5.74, 6) is -2.40. The maximum absolute atomic E-state index is 13.1. The van der Waals surface area contributed by atoms with Gasteiger partial charge in [0.15, 0.2) is 0 Å². The van der Waals surface area contributed by atoms with Crippen LogP contribution >= 0.6 is 0 Å². The van der Waals surface area contributed by atoms with Crippen LogP contribution in [0.1, 0.15) is 33.5 Å². The average Bonchev–Trinajstić information content (AvgIpc) is 2.96. The minimum atomic E-state index is -1.42. The van der Waals surface area contributed by atoms with E-state index in [0.29, 0.717) is 27.8 Å². The van der Waals surface area contributed by atoms with Gasteiger partial charge in [0.25, 0.3) is 0 Å². The number of carbonyl (C=O) groups is 3. The molecule has 10 heteroatoms. The van der Waals surface area contributed by atoms with E-state index in [4.69, 9.17) is 23.7 Å². The highest BCUT2D eigenvalue weighted by Crippen LogP contribution is 2.43. The summed E-state index contributed by atoms with van der Waals surface area (Å²) in [4.78, 5) is 37.6. The highest BCUT2D eigenvalue weighted by Gasteiger charge is 2.35. The molecule has 0 spiro atoms. The molecule has 0 saturated carbocycles. The SMILES string of the molecule is COC(=O)/C=C/Oc1c([C@H](C(=O)OC)[C@@H](O)c2ccc(OC)cc2)cc(C(=O)OC)c2cc(OC)ccc12. The third-order valence-electron chi connectivity index (χ3n) is 5.88. The molecule has 1 N–H and O–H groups in total. The Morgan fingerprint density at radius 3 is 2.03 bits per heavy atom. The van der Waals surface area contributed by atoms with E-state index in [0.717, 1.165) is 12.3 Å². The Hall–Kier alpha value is -4.57. The molecule has 0 heterocycles. The van der Waals surface area contributed by atoms with E-state index in [9.17, 15) is 19.5 Å². The van der Waals surface area contributed by atoms with Gasteiger partial charge in [-0.25, -0.2) is 9.59 Å². The predicted octanol–water partition coefficient (Wildman–Crippen LogP) is 3.70. The molecule has 3 aromatic rings. The second kappa shape index (κ2) is 12.6. The lowest BCUT2D eigenvalue weighted by atomic mass is 9.85. The van der Waals surface area contributed by atoms with Gasteiger partial charge in [-0.2, -0.15) is 0 Å². The summed E-state index contributed by atoms with van der Waals surface area (Å²) in [7, 11) is 6.60. The zero-order valence-corrected chi connectivity index (χ0v) is 21.5. The summed E-state index contributed by atoms with van der Waals surface area (Å²) in [6, 6.07) is 12.7. The maximum atomic E-state index is 13.1. The zero-order chi connectivity index (χ0) is 27.8. The monoisotopic (exact) mass is 524 g/mol. The van der Waals surface area contributed by atoms with Gasteiger partial charge in [-0.05, 0) is 42.0 Å². The quantitative estimate of drug-likeness (QED) is 0.182. The first-order chi connectivity index (χ1) is 18.3. The van der Waals surface area contributed by atoms with E-state index in [1.165, 1.54) is 41.6 Å². The molecule has 3 aromatic carbocycles. The van der Waals surface area contributed by atoms with Crippen molar-refractivity contribution in [3.05, 3.63) is 77.6 Å². The first-order valence-electron chi connectivity index (χ1n) is 11.3. The second-order valence-electron chi connectivity index (χ2n) is 7.91. The van der Waals surface area contributed by atoms with E-state index < -0.39 is 29.9 Å². The van der Waals surface area contributed by atoms with Crippen molar-refractivity contribution in [2.45, 2.75) is 12.0 Å². The van der Waals surface area contributed by atoms with Gasteiger partial charge in [0.05, 0.1) is 59.6 Å². The predicted molar refractivity (Wildman–Crippen MR) is 136 cm³/mol. The molecule has 0 unspecified atom stereocenters. The van der Waals surface area contributed by atoms with Gasteiger partial charge >= 0.3 is 17.9 Å². The molecule has 10 nitrogen and oxygen atoms in total. The summed E-state index contributed by atoms with van der Waals surface area (Å²) >= 11 is 0. The van der Waals surface area contributed by atoms with Crippen LogP contribution < -0.4 is 14.2 Å². The van der Waals surface area contributed by atoms with E-state index in [2.05, 4.69) is 4.74 Å². The average molecular weight is 525 g/mol. The summed E-state index contributed by atoms with van der Waals surface area (Å²) in [5, 5.41) is 12.2. The normalized spacial score (nSPS) is 12.5. The van der Waals surface area contributed by atoms with E-state index in [1.807, 2.05) is 0 Å². The Kier molecular flexibility index (Phi) is 9.28. The molecule has 200 valence electrons. The minimum Gasteiger partial charge on any atom is -0.497 e. The molecular weight excluding hydrogens is 496 g/mol. The standard InChI is InChI=1S/C28H28O10/c1-33-17-8-6-16(7-9-17)25(30)24(28(32)37-5)22-15-21(27(31)36-4)20-14-18(34-2)10-11-19(20)26(22)38-13-12-23(29)35-3/h6-15,24-25,30H,1-5H3/b13-12+/t24-,25-/m0/s1. The highest BCUT2D eigenvalue weighted by atomic mass is 16.5. The first-order valence-corrected chi connectivity index (χ1v) is 11.3. The number of methoxy groups -OCH3 is 5. The van der Waals surface area contributed by atoms with Gasteiger partial charge in [0.2, 0.25) is 0 Å². The van der Waals surface area contributed by atoms with E-state index in [1.54, 1.807) is 42.5 Å². The number of rotatable bonds is 10. The fourth-order valence-electron chi connectivity index (χ4n) is 3.94. The van der Waals surface area contributed by atoms with Crippen molar-refractivity contribution >= 4 is 28.7 Å². The van der Waals surface area contributed by atoms with Crippen LogP contribution in [0, 0.1) is 0 Å². The number of ether oxygens (including phenoxy) is 6.